The van der Waals surface area contributed by atoms with E-state index in [9.17, 15) is 4.79 Å². The second kappa shape index (κ2) is 8.38. The van der Waals surface area contributed by atoms with Crippen LogP contribution in [-0.2, 0) is 4.74 Å². The first-order chi connectivity index (χ1) is 15.5. The van der Waals surface area contributed by atoms with E-state index in [4.69, 9.17) is 14.7 Å². The summed E-state index contributed by atoms with van der Waals surface area (Å²) in [5.74, 6) is 1.57. The summed E-state index contributed by atoms with van der Waals surface area (Å²) in [6, 6.07) is 7.58. The molecule has 2 saturated heterocycles. The van der Waals surface area contributed by atoms with Crippen molar-refractivity contribution in [2.24, 2.45) is 0 Å². The molecule has 4 heterocycles. The number of nitrogens with one attached hydrogen (secondary N) is 2. The number of morpholine rings is 1. The van der Waals surface area contributed by atoms with Gasteiger partial charge in [-0.1, -0.05) is 0 Å². The summed E-state index contributed by atoms with van der Waals surface area (Å²) in [4.78, 5) is 24.0. The summed E-state index contributed by atoms with van der Waals surface area (Å²) in [5, 5.41) is 11.1. The van der Waals surface area contributed by atoms with Gasteiger partial charge in [0.05, 0.1) is 23.8 Å². The predicted octanol–water partition coefficient (Wildman–Crippen LogP) is 3.58. The van der Waals surface area contributed by atoms with Gasteiger partial charge in [-0.2, -0.15) is 5.10 Å². The van der Waals surface area contributed by atoms with Gasteiger partial charge in [-0.05, 0) is 57.9 Å². The highest BCUT2D eigenvalue weighted by atomic mass is 16.5. The standard InChI is InChI=1S/C23H29N7O2/c1-4-24-23(31)26-16-7-5-15(6-8-16)20-27-21(29-12-17-9-10-18(13-29)32-17)19-11-25-30(14(2)3)22(19)28-20/h5-8,11,14,17-18H,4,9-10,12-13H2,1-3H3,(H2,24,26,31). The van der Waals surface area contributed by atoms with Gasteiger partial charge in [0, 0.05) is 36.9 Å². The molecule has 2 aromatic heterocycles. The fraction of sp³-hybridized carbons (Fsp3) is 0.478. The first-order valence-electron chi connectivity index (χ1n) is 11.3. The number of fused-ring (bicyclic) bond motifs is 3. The van der Waals surface area contributed by atoms with Crippen molar-refractivity contribution >= 4 is 28.6 Å². The van der Waals surface area contributed by atoms with E-state index in [0.717, 1.165) is 54.0 Å². The number of anilines is 2. The number of rotatable bonds is 5. The van der Waals surface area contributed by atoms with E-state index in [0.29, 0.717) is 12.4 Å². The number of hydrogen-bond acceptors (Lipinski definition) is 6. The molecule has 2 bridgehead atoms. The second-order valence-corrected chi connectivity index (χ2v) is 8.72. The van der Waals surface area contributed by atoms with E-state index < -0.39 is 0 Å². The molecule has 2 fully saturated rings. The van der Waals surface area contributed by atoms with Crippen molar-refractivity contribution in [3.05, 3.63) is 30.5 Å². The third-order valence-corrected chi connectivity index (χ3v) is 6.00. The zero-order valence-electron chi connectivity index (χ0n) is 18.7. The van der Waals surface area contributed by atoms with E-state index in [1.807, 2.05) is 42.1 Å². The highest BCUT2D eigenvalue weighted by Gasteiger charge is 2.35. The van der Waals surface area contributed by atoms with Crippen LogP contribution in [0.15, 0.2) is 30.5 Å². The molecule has 0 saturated carbocycles. The summed E-state index contributed by atoms with van der Waals surface area (Å²) in [5.41, 5.74) is 2.45. The Labute approximate surface area is 187 Å². The number of hydrogen-bond donors (Lipinski definition) is 2. The van der Waals surface area contributed by atoms with Gasteiger partial charge < -0.3 is 20.3 Å². The van der Waals surface area contributed by atoms with E-state index in [1.165, 1.54) is 0 Å². The zero-order valence-corrected chi connectivity index (χ0v) is 18.7. The van der Waals surface area contributed by atoms with Crippen LogP contribution in [0.3, 0.4) is 0 Å². The van der Waals surface area contributed by atoms with Crippen LogP contribution in [0.2, 0.25) is 0 Å². The van der Waals surface area contributed by atoms with Crippen molar-refractivity contribution in [1.29, 1.82) is 0 Å². The topological polar surface area (TPSA) is 97.2 Å². The Bertz CT molecular complexity index is 1110. The van der Waals surface area contributed by atoms with E-state index >= 15 is 0 Å². The van der Waals surface area contributed by atoms with Gasteiger partial charge in [0.2, 0.25) is 0 Å². The number of aromatic nitrogens is 4. The van der Waals surface area contributed by atoms with Crippen molar-refractivity contribution in [1.82, 2.24) is 25.1 Å². The number of carbonyl (C=O) groups is 1. The molecule has 0 spiro atoms. The Morgan fingerprint density at radius 2 is 1.88 bits per heavy atom. The van der Waals surface area contributed by atoms with Crippen LogP contribution < -0.4 is 15.5 Å². The van der Waals surface area contributed by atoms with Crippen LogP contribution in [0.25, 0.3) is 22.4 Å². The molecule has 0 radical (unpaired) electrons. The summed E-state index contributed by atoms with van der Waals surface area (Å²) in [6.07, 6.45) is 4.62. The molecule has 9 heteroatoms. The first-order valence-corrected chi connectivity index (χ1v) is 11.3. The molecule has 2 aliphatic heterocycles. The lowest BCUT2D eigenvalue weighted by Gasteiger charge is -2.33. The number of urea groups is 1. The first kappa shape index (κ1) is 20.7. The average molecular weight is 436 g/mol. The Morgan fingerprint density at radius 3 is 2.53 bits per heavy atom. The average Bonchev–Trinajstić information content (AvgIpc) is 3.36. The maximum Gasteiger partial charge on any atom is 0.319 e. The summed E-state index contributed by atoms with van der Waals surface area (Å²) in [6.45, 7) is 8.34. The normalized spacial score (nSPS) is 20.2. The third kappa shape index (κ3) is 3.88. The number of benzene rings is 1. The van der Waals surface area contributed by atoms with E-state index in [1.54, 1.807) is 0 Å². The largest absolute Gasteiger partial charge is 0.371 e. The van der Waals surface area contributed by atoms with Crippen LogP contribution in [-0.4, -0.2) is 57.6 Å². The monoisotopic (exact) mass is 435 g/mol. The summed E-state index contributed by atoms with van der Waals surface area (Å²) < 4.78 is 7.98. The van der Waals surface area contributed by atoms with Crippen LogP contribution in [0.4, 0.5) is 16.3 Å². The predicted molar refractivity (Wildman–Crippen MR) is 124 cm³/mol. The molecule has 168 valence electrons. The second-order valence-electron chi connectivity index (χ2n) is 8.72. The SMILES string of the molecule is CCNC(=O)Nc1ccc(-c2nc(N3CC4CCC(C3)O4)c3cnn(C(C)C)c3n2)cc1. The van der Waals surface area contributed by atoms with Gasteiger partial charge in [-0.3, -0.25) is 0 Å². The third-order valence-electron chi connectivity index (χ3n) is 6.00. The lowest BCUT2D eigenvalue weighted by atomic mass is 10.2. The van der Waals surface area contributed by atoms with Gasteiger partial charge in [0.1, 0.15) is 5.82 Å². The Hall–Kier alpha value is -3.20. The molecule has 1 aromatic carbocycles. The number of nitrogens with zero attached hydrogens (tertiary/aromatic N) is 5. The molecule has 32 heavy (non-hydrogen) atoms. The molecule has 2 atom stereocenters. The molecule has 2 aliphatic rings. The molecular formula is C23H29N7O2. The maximum absolute atomic E-state index is 11.8. The van der Waals surface area contributed by atoms with Crippen molar-refractivity contribution in [2.75, 3.05) is 29.9 Å². The smallest absolute Gasteiger partial charge is 0.319 e. The Balaban J connectivity index is 1.53. The molecule has 3 aromatic rings. The number of amides is 2. The fourth-order valence-electron chi connectivity index (χ4n) is 4.49. The molecule has 5 rings (SSSR count). The van der Waals surface area contributed by atoms with Crippen LogP contribution in [0, 0.1) is 0 Å². The van der Waals surface area contributed by atoms with Crippen molar-refractivity contribution in [3.63, 3.8) is 0 Å². The molecule has 0 aliphatic carbocycles. The van der Waals surface area contributed by atoms with Crippen LogP contribution >= 0.6 is 0 Å². The number of ether oxygens (including phenoxy) is 1. The minimum absolute atomic E-state index is 0.188. The zero-order chi connectivity index (χ0) is 22.2. The quantitative estimate of drug-likeness (QED) is 0.636. The lowest BCUT2D eigenvalue weighted by molar-refractivity contribution is 0.0303. The Morgan fingerprint density at radius 1 is 1.16 bits per heavy atom. The van der Waals surface area contributed by atoms with Crippen molar-refractivity contribution in [2.45, 2.75) is 51.9 Å². The molecule has 9 nitrogen and oxygen atoms in total. The van der Waals surface area contributed by atoms with Gasteiger partial charge in [0.25, 0.3) is 0 Å². The van der Waals surface area contributed by atoms with Crippen LogP contribution in [0.5, 0.6) is 0 Å². The van der Waals surface area contributed by atoms with Crippen molar-refractivity contribution < 1.29 is 9.53 Å². The van der Waals surface area contributed by atoms with Gasteiger partial charge in [-0.15, -0.1) is 0 Å². The van der Waals surface area contributed by atoms with Crippen molar-refractivity contribution in [3.8, 4) is 11.4 Å². The molecule has 2 unspecified atom stereocenters. The number of carbonyl (C=O) groups excluding carboxylic acids is 1. The van der Waals surface area contributed by atoms with E-state index in [2.05, 4.69) is 34.5 Å². The van der Waals surface area contributed by atoms with E-state index in [-0.39, 0.29) is 24.3 Å². The summed E-state index contributed by atoms with van der Waals surface area (Å²) in [7, 11) is 0. The molecule has 2 amide bonds. The van der Waals surface area contributed by atoms with Gasteiger partial charge in [0.15, 0.2) is 11.5 Å². The van der Waals surface area contributed by atoms with Crippen LogP contribution in [0.1, 0.15) is 39.7 Å². The minimum atomic E-state index is -0.219. The minimum Gasteiger partial charge on any atom is -0.371 e. The Kier molecular flexibility index (Phi) is 5.42. The molecular weight excluding hydrogens is 406 g/mol. The van der Waals surface area contributed by atoms with Gasteiger partial charge >= 0.3 is 6.03 Å². The highest BCUT2D eigenvalue weighted by Crippen LogP contribution is 2.34. The lowest BCUT2D eigenvalue weighted by Crippen LogP contribution is -2.43. The fourth-order valence-corrected chi connectivity index (χ4v) is 4.49. The summed E-state index contributed by atoms with van der Waals surface area (Å²) >= 11 is 0. The van der Waals surface area contributed by atoms with Gasteiger partial charge in [-0.25, -0.2) is 19.4 Å². The highest BCUT2D eigenvalue weighted by molar-refractivity contribution is 5.90. The maximum atomic E-state index is 11.8. The molecule has 2 N–H and O–H groups in total.